The minimum absolute atomic E-state index is 0.00828. The first-order chi connectivity index (χ1) is 17.0. The maximum atomic E-state index is 13.3. The van der Waals surface area contributed by atoms with Gasteiger partial charge in [0.15, 0.2) is 0 Å². The Labute approximate surface area is 206 Å². The molecule has 0 radical (unpaired) electrons. The smallest absolute Gasteiger partial charge is 0.325 e. The Morgan fingerprint density at radius 3 is 2.49 bits per heavy atom. The summed E-state index contributed by atoms with van der Waals surface area (Å²) in [7, 11) is 0. The molecular formula is C27H34N4O4. The van der Waals surface area contributed by atoms with Crippen LogP contribution in [0, 0.1) is 5.92 Å². The van der Waals surface area contributed by atoms with Gasteiger partial charge in [-0.3, -0.25) is 19.4 Å². The lowest BCUT2D eigenvalue weighted by molar-refractivity contribution is -0.135. The van der Waals surface area contributed by atoms with Crippen molar-refractivity contribution < 1.29 is 19.1 Å². The van der Waals surface area contributed by atoms with Gasteiger partial charge in [-0.15, -0.1) is 0 Å². The molecule has 0 aromatic heterocycles. The summed E-state index contributed by atoms with van der Waals surface area (Å²) in [4.78, 5) is 44.6. The number of urea groups is 1. The van der Waals surface area contributed by atoms with Crippen LogP contribution in [0.5, 0.6) is 0 Å². The van der Waals surface area contributed by atoms with Crippen LogP contribution in [0.15, 0.2) is 42.5 Å². The highest BCUT2D eigenvalue weighted by molar-refractivity contribution is 6.07. The predicted octanol–water partition coefficient (Wildman–Crippen LogP) is 2.26. The molecule has 0 unspecified atom stereocenters. The maximum Gasteiger partial charge on any atom is 0.325 e. The molecule has 8 heteroatoms. The number of imide groups is 1. The summed E-state index contributed by atoms with van der Waals surface area (Å²) in [6, 6.07) is 13.9. The fourth-order valence-electron chi connectivity index (χ4n) is 5.69. The molecule has 3 heterocycles. The molecule has 1 atom stereocenters. The van der Waals surface area contributed by atoms with Crippen LogP contribution in [0.2, 0.25) is 0 Å². The number of morpholine rings is 1. The number of amides is 4. The third-order valence-electron chi connectivity index (χ3n) is 7.93. The van der Waals surface area contributed by atoms with Gasteiger partial charge < -0.3 is 15.0 Å². The quantitative estimate of drug-likeness (QED) is 0.644. The number of hydrogen-bond donors (Lipinski definition) is 1. The van der Waals surface area contributed by atoms with Crippen LogP contribution in [-0.4, -0.2) is 90.6 Å². The number of carbonyl (C=O) groups excluding carboxylic acids is 3. The number of benzene rings is 2. The fraction of sp³-hybridized carbons (Fsp3) is 0.519. The van der Waals surface area contributed by atoms with Crippen molar-refractivity contribution in [3.05, 3.63) is 48.0 Å². The Balaban J connectivity index is 1.17. The second kappa shape index (κ2) is 9.95. The van der Waals surface area contributed by atoms with E-state index in [0.29, 0.717) is 58.7 Å². The molecule has 1 N–H and O–H groups in total. The molecule has 8 nitrogen and oxygen atoms in total. The molecule has 3 fully saturated rings. The van der Waals surface area contributed by atoms with Crippen LogP contribution < -0.4 is 5.32 Å². The van der Waals surface area contributed by atoms with Gasteiger partial charge in [0, 0.05) is 39.3 Å². The number of likely N-dealkylation sites (tertiary alicyclic amines) is 1. The molecule has 5 rings (SSSR count). The topological polar surface area (TPSA) is 82.2 Å². The summed E-state index contributed by atoms with van der Waals surface area (Å²) in [6.45, 7) is 7.13. The Bertz CT molecular complexity index is 1100. The van der Waals surface area contributed by atoms with Gasteiger partial charge >= 0.3 is 6.03 Å². The van der Waals surface area contributed by atoms with Gasteiger partial charge in [0.05, 0.1) is 19.6 Å². The van der Waals surface area contributed by atoms with Crippen LogP contribution in [0.25, 0.3) is 10.8 Å². The van der Waals surface area contributed by atoms with Crippen molar-refractivity contribution >= 4 is 28.6 Å². The number of hydrogen-bond acceptors (Lipinski definition) is 5. The first-order valence-corrected chi connectivity index (χ1v) is 12.6. The summed E-state index contributed by atoms with van der Waals surface area (Å²) >= 11 is 0. The highest BCUT2D eigenvalue weighted by Gasteiger charge is 2.52. The van der Waals surface area contributed by atoms with Crippen molar-refractivity contribution in [2.75, 3.05) is 52.5 Å². The Morgan fingerprint density at radius 2 is 1.71 bits per heavy atom. The predicted molar refractivity (Wildman–Crippen MR) is 133 cm³/mol. The molecule has 0 bridgehead atoms. The zero-order valence-corrected chi connectivity index (χ0v) is 20.4. The van der Waals surface area contributed by atoms with Crippen LogP contribution in [0.3, 0.4) is 0 Å². The zero-order chi connectivity index (χ0) is 24.4. The lowest BCUT2D eigenvalue weighted by Gasteiger charge is -2.39. The first-order valence-electron chi connectivity index (χ1n) is 12.6. The molecule has 186 valence electrons. The van der Waals surface area contributed by atoms with Gasteiger partial charge in [0.1, 0.15) is 5.54 Å². The van der Waals surface area contributed by atoms with E-state index in [0.717, 1.165) is 29.4 Å². The summed E-state index contributed by atoms with van der Waals surface area (Å²) in [5.41, 5.74) is 0.128. The van der Waals surface area contributed by atoms with E-state index in [9.17, 15) is 14.4 Å². The molecule has 2 aromatic carbocycles. The fourth-order valence-corrected chi connectivity index (χ4v) is 5.69. The van der Waals surface area contributed by atoms with Gasteiger partial charge in [0.2, 0.25) is 5.91 Å². The Hall–Kier alpha value is -2.97. The van der Waals surface area contributed by atoms with Crippen molar-refractivity contribution in [3.8, 4) is 0 Å². The van der Waals surface area contributed by atoms with Crippen molar-refractivity contribution in [2.45, 2.75) is 31.7 Å². The molecule has 0 aliphatic carbocycles. The van der Waals surface area contributed by atoms with E-state index in [4.69, 9.17) is 4.74 Å². The zero-order valence-electron chi connectivity index (χ0n) is 20.4. The minimum Gasteiger partial charge on any atom is -0.379 e. The average molecular weight is 479 g/mol. The van der Waals surface area contributed by atoms with Crippen molar-refractivity contribution in [1.82, 2.24) is 20.0 Å². The third-order valence-corrected chi connectivity index (χ3v) is 7.93. The van der Waals surface area contributed by atoms with Crippen molar-refractivity contribution in [2.24, 2.45) is 5.92 Å². The average Bonchev–Trinajstić information content (AvgIpc) is 3.11. The number of nitrogens with zero attached hydrogens (tertiary/aromatic N) is 3. The Morgan fingerprint density at radius 1 is 1.00 bits per heavy atom. The summed E-state index contributed by atoms with van der Waals surface area (Å²) in [5.74, 6) is -0.0240. The van der Waals surface area contributed by atoms with E-state index in [2.05, 4.69) is 28.4 Å². The largest absolute Gasteiger partial charge is 0.379 e. The number of rotatable bonds is 6. The molecule has 0 spiro atoms. The van der Waals surface area contributed by atoms with E-state index in [1.54, 1.807) is 0 Å². The molecule has 35 heavy (non-hydrogen) atoms. The van der Waals surface area contributed by atoms with Crippen LogP contribution in [-0.2, 0) is 20.7 Å². The number of fused-ring (bicyclic) bond motifs is 1. The van der Waals surface area contributed by atoms with Crippen molar-refractivity contribution in [1.29, 1.82) is 0 Å². The number of carbonyl (C=O) groups is 3. The van der Waals surface area contributed by atoms with Crippen LogP contribution >= 0.6 is 0 Å². The molecule has 4 amide bonds. The van der Waals surface area contributed by atoms with Crippen molar-refractivity contribution in [3.63, 3.8) is 0 Å². The van der Waals surface area contributed by atoms with E-state index < -0.39 is 5.54 Å². The van der Waals surface area contributed by atoms with E-state index in [1.165, 1.54) is 4.90 Å². The molecule has 3 aliphatic heterocycles. The lowest BCUT2D eigenvalue weighted by Crippen LogP contribution is -2.54. The summed E-state index contributed by atoms with van der Waals surface area (Å²) in [6.07, 6.45) is 1.76. The normalized spacial score (nSPS) is 24.3. The molecule has 3 saturated heterocycles. The monoisotopic (exact) mass is 478 g/mol. The molecule has 0 saturated carbocycles. The Kier molecular flexibility index (Phi) is 6.75. The van der Waals surface area contributed by atoms with Gasteiger partial charge in [-0.05, 0) is 42.0 Å². The van der Waals surface area contributed by atoms with E-state index in [-0.39, 0.29) is 23.8 Å². The number of piperidine rings is 1. The molecule has 2 aromatic rings. The maximum absolute atomic E-state index is 13.3. The number of ether oxygens (including phenoxy) is 1. The second-order valence-corrected chi connectivity index (χ2v) is 10.0. The highest BCUT2D eigenvalue weighted by Crippen LogP contribution is 2.33. The SMILES string of the molecule is C[C@@]1(C2CCN(C(=O)Cc3cccc4ccccc34)CC2)NC(=O)N(CCN2CCOCC2)C1=O. The second-order valence-electron chi connectivity index (χ2n) is 10.0. The van der Waals surface area contributed by atoms with Gasteiger partial charge in [-0.2, -0.15) is 0 Å². The number of nitrogens with one attached hydrogen (secondary N) is 1. The standard InChI is InChI=1S/C27H34N4O4/c1-27(25(33)31(26(34)28-27)14-13-29-15-17-35-18-16-29)22-9-11-30(12-10-22)24(32)19-21-7-4-6-20-5-2-3-8-23(20)21/h2-8,22H,9-19H2,1H3,(H,28,34)/t27-/m0/s1. The molecule has 3 aliphatic rings. The van der Waals surface area contributed by atoms with E-state index >= 15 is 0 Å². The van der Waals surface area contributed by atoms with E-state index in [1.807, 2.05) is 36.1 Å². The molecular weight excluding hydrogens is 444 g/mol. The lowest BCUT2D eigenvalue weighted by atomic mass is 9.78. The minimum atomic E-state index is -0.910. The van der Waals surface area contributed by atoms with Crippen LogP contribution in [0.4, 0.5) is 4.79 Å². The summed E-state index contributed by atoms with van der Waals surface area (Å²) in [5, 5.41) is 5.23. The van der Waals surface area contributed by atoms with Gasteiger partial charge in [-0.1, -0.05) is 42.5 Å². The third kappa shape index (κ3) is 4.77. The summed E-state index contributed by atoms with van der Waals surface area (Å²) < 4.78 is 5.37. The van der Waals surface area contributed by atoms with Gasteiger partial charge in [0.25, 0.3) is 5.91 Å². The van der Waals surface area contributed by atoms with Gasteiger partial charge in [-0.25, -0.2) is 4.79 Å². The first kappa shape index (κ1) is 23.8. The van der Waals surface area contributed by atoms with Crippen LogP contribution in [0.1, 0.15) is 25.3 Å². The highest BCUT2D eigenvalue weighted by atomic mass is 16.5.